The highest BCUT2D eigenvalue weighted by Crippen LogP contribution is 2.14. The van der Waals surface area contributed by atoms with E-state index in [1.807, 2.05) is 24.3 Å². The fraction of sp³-hybridized carbons (Fsp3) is 0.529. The molecule has 1 fully saturated rings. The van der Waals surface area contributed by atoms with Gasteiger partial charge in [0.05, 0.1) is 6.61 Å². The summed E-state index contributed by atoms with van der Waals surface area (Å²) >= 11 is 0. The predicted molar refractivity (Wildman–Crippen MR) is 82.3 cm³/mol. The molecule has 114 valence electrons. The summed E-state index contributed by atoms with van der Waals surface area (Å²) in [6.07, 6.45) is 0.120. The minimum absolute atomic E-state index is 0.120. The molecule has 1 N–H and O–H groups in total. The van der Waals surface area contributed by atoms with Crippen molar-refractivity contribution in [2.75, 3.05) is 32.9 Å². The average Bonchev–Trinajstić information content (AvgIpc) is 2.52. The van der Waals surface area contributed by atoms with Crippen molar-refractivity contribution in [3.05, 3.63) is 29.8 Å². The van der Waals surface area contributed by atoms with Crippen molar-refractivity contribution < 1.29 is 14.6 Å². The second-order valence-electron chi connectivity index (χ2n) is 5.38. The van der Waals surface area contributed by atoms with Crippen LogP contribution in [0.2, 0.25) is 0 Å². The van der Waals surface area contributed by atoms with Crippen LogP contribution in [0.15, 0.2) is 24.3 Å². The van der Waals surface area contributed by atoms with Gasteiger partial charge in [-0.05, 0) is 38.1 Å². The Bertz CT molecular complexity index is 487. The Morgan fingerprint density at radius 2 is 2.14 bits per heavy atom. The zero-order valence-corrected chi connectivity index (χ0v) is 12.7. The van der Waals surface area contributed by atoms with E-state index in [2.05, 4.69) is 30.6 Å². The lowest BCUT2D eigenvalue weighted by molar-refractivity contribution is -0.0564. The summed E-state index contributed by atoms with van der Waals surface area (Å²) in [5.41, 5.74) is 0.872. The van der Waals surface area contributed by atoms with Gasteiger partial charge in [-0.15, -0.1) is 0 Å². The molecule has 0 radical (unpaired) electrons. The minimum Gasteiger partial charge on any atom is -0.491 e. The van der Waals surface area contributed by atoms with Crippen LogP contribution in [0.25, 0.3) is 0 Å². The van der Waals surface area contributed by atoms with E-state index in [9.17, 15) is 0 Å². The van der Waals surface area contributed by atoms with Gasteiger partial charge in [-0.2, -0.15) is 0 Å². The topological polar surface area (TPSA) is 41.9 Å². The molecule has 1 aliphatic rings. The summed E-state index contributed by atoms with van der Waals surface area (Å²) in [5.74, 6) is 6.30. The first-order valence-electron chi connectivity index (χ1n) is 7.37. The first kappa shape index (κ1) is 15.8. The maximum Gasteiger partial charge on any atom is 0.119 e. The molecular formula is C17H23NO3. The summed E-state index contributed by atoms with van der Waals surface area (Å²) in [6, 6.07) is 8.11. The van der Waals surface area contributed by atoms with Crippen molar-refractivity contribution in [1.29, 1.82) is 0 Å². The highest BCUT2D eigenvalue weighted by molar-refractivity contribution is 5.38. The molecule has 0 aromatic heterocycles. The van der Waals surface area contributed by atoms with Gasteiger partial charge in [0.25, 0.3) is 0 Å². The van der Waals surface area contributed by atoms with Crippen LogP contribution < -0.4 is 4.74 Å². The van der Waals surface area contributed by atoms with Crippen LogP contribution in [-0.2, 0) is 4.74 Å². The van der Waals surface area contributed by atoms with E-state index >= 15 is 0 Å². The van der Waals surface area contributed by atoms with Crippen LogP contribution in [0.3, 0.4) is 0 Å². The number of hydrogen-bond donors (Lipinski definition) is 1. The monoisotopic (exact) mass is 289 g/mol. The average molecular weight is 289 g/mol. The van der Waals surface area contributed by atoms with Gasteiger partial charge in [-0.25, -0.2) is 0 Å². The standard InChI is InChI=1S/C17H23NO3/c1-14(2)18-9-11-20-17(12-18)13-21-16-7-5-15(6-8-16)4-3-10-19/h5-8,14,17,19H,9-13H2,1-2H3. The summed E-state index contributed by atoms with van der Waals surface area (Å²) in [4.78, 5) is 2.41. The molecular weight excluding hydrogens is 266 g/mol. The van der Waals surface area contributed by atoms with E-state index in [1.165, 1.54) is 0 Å². The van der Waals surface area contributed by atoms with Crippen molar-refractivity contribution in [2.24, 2.45) is 0 Å². The lowest BCUT2D eigenvalue weighted by atomic mass is 10.2. The molecule has 1 atom stereocenters. The SMILES string of the molecule is CC(C)N1CCOC(COc2ccc(C#CCO)cc2)C1. The van der Waals surface area contributed by atoms with Crippen molar-refractivity contribution in [3.63, 3.8) is 0 Å². The molecule has 0 bridgehead atoms. The van der Waals surface area contributed by atoms with Crippen LogP contribution in [-0.4, -0.2) is 55.1 Å². The van der Waals surface area contributed by atoms with Gasteiger partial charge in [-0.1, -0.05) is 11.8 Å². The Balaban J connectivity index is 1.82. The van der Waals surface area contributed by atoms with Crippen LogP contribution in [0.4, 0.5) is 0 Å². The number of morpholine rings is 1. The molecule has 4 nitrogen and oxygen atoms in total. The number of hydrogen-bond acceptors (Lipinski definition) is 4. The molecule has 0 amide bonds. The van der Waals surface area contributed by atoms with Crippen molar-refractivity contribution in [3.8, 4) is 17.6 Å². The van der Waals surface area contributed by atoms with E-state index in [1.54, 1.807) is 0 Å². The fourth-order valence-electron chi connectivity index (χ4n) is 2.28. The van der Waals surface area contributed by atoms with Gasteiger partial charge in [0.2, 0.25) is 0 Å². The third kappa shape index (κ3) is 5.05. The highest BCUT2D eigenvalue weighted by atomic mass is 16.5. The molecule has 0 saturated carbocycles. The number of ether oxygens (including phenoxy) is 2. The van der Waals surface area contributed by atoms with Crippen molar-refractivity contribution >= 4 is 0 Å². The van der Waals surface area contributed by atoms with Crippen molar-refractivity contribution in [2.45, 2.75) is 26.0 Å². The molecule has 1 aromatic rings. The van der Waals surface area contributed by atoms with Gasteiger partial charge in [-0.3, -0.25) is 4.90 Å². The van der Waals surface area contributed by atoms with E-state index in [-0.39, 0.29) is 12.7 Å². The van der Waals surface area contributed by atoms with E-state index in [4.69, 9.17) is 14.6 Å². The number of rotatable bonds is 4. The third-order valence-electron chi connectivity index (χ3n) is 3.50. The first-order chi connectivity index (χ1) is 10.2. The van der Waals surface area contributed by atoms with E-state index in [0.717, 1.165) is 31.0 Å². The minimum atomic E-state index is -0.121. The second kappa shape index (κ2) is 8.04. The smallest absolute Gasteiger partial charge is 0.119 e. The van der Waals surface area contributed by atoms with E-state index in [0.29, 0.717) is 12.6 Å². The van der Waals surface area contributed by atoms with E-state index < -0.39 is 0 Å². The van der Waals surface area contributed by atoms with Crippen LogP contribution in [0.1, 0.15) is 19.4 Å². The Morgan fingerprint density at radius 1 is 1.38 bits per heavy atom. The molecule has 1 saturated heterocycles. The zero-order valence-electron chi connectivity index (χ0n) is 12.7. The highest BCUT2D eigenvalue weighted by Gasteiger charge is 2.22. The number of aliphatic hydroxyl groups is 1. The fourth-order valence-corrected chi connectivity index (χ4v) is 2.28. The summed E-state index contributed by atoms with van der Waals surface area (Å²) in [6.45, 7) is 7.52. The molecule has 0 aliphatic carbocycles. The molecule has 1 aromatic carbocycles. The van der Waals surface area contributed by atoms with Crippen LogP contribution >= 0.6 is 0 Å². The van der Waals surface area contributed by atoms with Gasteiger partial charge < -0.3 is 14.6 Å². The number of aliphatic hydroxyl groups excluding tert-OH is 1. The van der Waals surface area contributed by atoms with Crippen molar-refractivity contribution in [1.82, 2.24) is 4.90 Å². The Kier molecular flexibility index (Phi) is 6.06. The number of benzene rings is 1. The summed E-state index contributed by atoms with van der Waals surface area (Å²) < 4.78 is 11.5. The lowest BCUT2D eigenvalue weighted by Crippen LogP contribution is -2.47. The summed E-state index contributed by atoms with van der Waals surface area (Å²) in [7, 11) is 0. The first-order valence-corrected chi connectivity index (χ1v) is 7.37. The van der Waals surface area contributed by atoms with Crippen LogP contribution in [0.5, 0.6) is 5.75 Å². The molecule has 0 spiro atoms. The Labute approximate surface area is 126 Å². The lowest BCUT2D eigenvalue weighted by Gasteiger charge is -2.35. The third-order valence-corrected chi connectivity index (χ3v) is 3.50. The molecule has 1 aliphatic heterocycles. The predicted octanol–water partition coefficient (Wildman–Crippen LogP) is 1.52. The maximum atomic E-state index is 8.65. The quantitative estimate of drug-likeness (QED) is 0.853. The molecule has 2 rings (SSSR count). The summed E-state index contributed by atoms with van der Waals surface area (Å²) in [5, 5.41) is 8.65. The zero-order chi connectivity index (χ0) is 15.1. The Morgan fingerprint density at radius 3 is 2.81 bits per heavy atom. The molecule has 21 heavy (non-hydrogen) atoms. The van der Waals surface area contributed by atoms with Gasteiger partial charge in [0, 0.05) is 24.7 Å². The normalized spacial score (nSPS) is 19.1. The molecule has 1 unspecified atom stereocenters. The van der Waals surface area contributed by atoms with Gasteiger partial charge in [0.1, 0.15) is 25.1 Å². The number of nitrogens with zero attached hydrogens (tertiary/aromatic N) is 1. The Hall–Kier alpha value is -1.54. The van der Waals surface area contributed by atoms with Gasteiger partial charge >= 0.3 is 0 Å². The second-order valence-corrected chi connectivity index (χ2v) is 5.38. The molecule has 4 heteroatoms. The van der Waals surface area contributed by atoms with Crippen LogP contribution in [0, 0.1) is 11.8 Å². The largest absolute Gasteiger partial charge is 0.491 e. The molecule has 1 heterocycles. The van der Waals surface area contributed by atoms with Gasteiger partial charge in [0.15, 0.2) is 0 Å². The maximum absolute atomic E-state index is 8.65.